The van der Waals surface area contributed by atoms with E-state index in [9.17, 15) is 9.59 Å². The molecule has 4 nitrogen and oxygen atoms in total. The molecule has 0 aliphatic carbocycles. The highest BCUT2D eigenvalue weighted by Crippen LogP contribution is 2.27. The van der Waals surface area contributed by atoms with Gasteiger partial charge in [0.25, 0.3) is 11.8 Å². The second kappa shape index (κ2) is 10.7. The number of hydrogen-bond donors (Lipinski definition) is 1. The topological polar surface area (TPSA) is 49.4 Å². The van der Waals surface area contributed by atoms with Crippen LogP contribution < -0.4 is 5.32 Å². The molecule has 36 heavy (non-hydrogen) atoms. The largest absolute Gasteiger partial charge is 0.349 e. The second-order valence-electron chi connectivity index (χ2n) is 9.22. The Hall–Kier alpha value is -3.34. The van der Waals surface area contributed by atoms with Crippen LogP contribution in [-0.2, 0) is 6.42 Å². The summed E-state index contributed by atoms with van der Waals surface area (Å²) in [5.74, 6) is -0.184. The van der Waals surface area contributed by atoms with E-state index in [-0.39, 0.29) is 23.9 Å². The Morgan fingerprint density at radius 2 is 1.56 bits per heavy atom. The summed E-state index contributed by atoms with van der Waals surface area (Å²) in [6, 6.07) is 28.6. The van der Waals surface area contributed by atoms with Gasteiger partial charge in [0.2, 0.25) is 0 Å². The second-order valence-corrected chi connectivity index (χ2v) is 10.1. The monoisotopic (exact) mass is 516 g/mol. The molecule has 1 aliphatic rings. The summed E-state index contributed by atoms with van der Waals surface area (Å²) in [6.45, 7) is 0.529. The molecule has 0 bridgehead atoms. The quantitative estimate of drug-likeness (QED) is 0.317. The highest BCUT2D eigenvalue weighted by Gasteiger charge is 2.33. The molecular formula is C30H26Cl2N2O2. The van der Waals surface area contributed by atoms with E-state index in [1.807, 2.05) is 65.6 Å². The van der Waals surface area contributed by atoms with E-state index in [4.69, 9.17) is 23.2 Å². The molecule has 0 saturated carbocycles. The van der Waals surface area contributed by atoms with Crippen molar-refractivity contribution in [3.63, 3.8) is 0 Å². The Balaban J connectivity index is 1.37. The number of benzene rings is 4. The fraction of sp³-hybridized carbons (Fsp3) is 0.200. The van der Waals surface area contributed by atoms with Gasteiger partial charge in [-0.1, -0.05) is 89.9 Å². The molecular weight excluding hydrogens is 491 g/mol. The van der Waals surface area contributed by atoms with Crippen molar-refractivity contribution in [2.45, 2.75) is 31.3 Å². The fourth-order valence-electron chi connectivity index (χ4n) is 5.06. The van der Waals surface area contributed by atoms with E-state index in [2.05, 4.69) is 17.4 Å². The molecule has 1 fully saturated rings. The lowest BCUT2D eigenvalue weighted by atomic mass is 9.91. The molecule has 1 N–H and O–H groups in total. The maximum atomic E-state index is 13.5. The smallest absolute Gasteiger partial charge is 0.254 e. The van der Waals surface area contributed by atoms with Gasteiger partial charge in [-0.15, -0.1) is 0 Å². The SMILES string of the molecule is O=C(NC1CCN(C(=O)c2cc(Cl)cc(Cl)c2)C(Cc2ccccc2)C1)c1cccc2ccccc12. The summed E-state index contributed by atoms with van der Waals surface area (Å²) >= 11 is 12.4. The lowest BCUT2D eigenvalue weighted by molar-refractivity contribution is 0.0571. The van der Waals surface area contributed by atoms with Crippen molar-refractivity contribution in [1.82, 2.24) is 10.2 Å². The molecule has 2 amide bonds. The standard InChI is InChI=1S/C30H26Cl2N2O2/c31-23-16-22(17-24(32)18-23)30(36)34-14-13-25(19-26(34)15-20-7-2-1-3-8-20)33-29(35)28-12-6-10-21-9-4-5-11-27(21)28/h1-12,16-18,25-26H,13-15,19H2,(H,33,35). The van der Waals surface area contributed by atoms with Gasteiger partial charge in [0.05, 0.1) is 0 Å². The minimum Gasteiger partial charge on any atom is -0.349 e. The lowest BCUT2D eigenvalue weighted by Crippen LogP contribution is -2.52. The van der Waals surface area contributed by atoms with Crippen LogP contribution in [0.5, 0.6) is 0 Å². The van der Waals surface area contributed by atoms with Gasteiger partial charge in [-0.25, -0.2) is 0 Å². The summed E-state index contributed by atoms with van der Waals surface area (Å²) in [7, 11) is 0. The molecule has 4 aromatic rings. The van der Waals surface area contributed by atoms with Crippen LogP contribution in [0.4, 0.5) is 0 Å². The van der Waals surface area contributed by atoms with Gasteiger partial charge >= 0.3 is 0 Å². The number of rotatable bonds is 5. The van der Waals surface area contributed by atoms with Gasteiger partial charge in [-0.05, 0) is 59.9 Å². The van der Waals surface area contributed by atoms with E-state index in [0.29, 0.717) is 47.0 Å². The van der Waals surface area contributed by atoms with Gasteiger partial charge in [-0.2, -0.15) is 0 Å². The van der Waals surface area contributed by atoms with Crippen molar-refractivity contribution in [3.8, 4) is 0 Å². The van der Waals surface area contributed by atoms with Crippen LogP contribution in [0, 0.1) is 0 Å². The van der Waals surface area contributed by atoms with Crippen molar-refractivity contribution in [2.75, 3.05) is 6.54 Å². The number of hydrogen-bond acceptors (Lipinski definition) is 2. The molecule has 5 rings (SSSR count). The number of nitrogens with zero attached hydrogens (tertiary/aromatic N) is 1. The summed E-state index contributed by atoms with van der Waals surface area (Å²) in [4.78, 5) is 28.7. The van der Waals surface area contributed by atoms with Gasteiger partial charge in [0.1, 0.15) is 0 Å². The zero-order chi connectivity index (χ0) is 25.1. The molecule has 0 radical (unpaired) electrons. The first-order chi connectivity index (χ1) is 17.5. The van der Waals surface area contributed by atoms with Crippen LogP contribution >= 0.6 is 23.2 Å². The Labute approximate surface area is 220 Å². The molecule has 1 aliphatic heterocycles. The lowest BCUT2D eigenvalue weighted by Gasteiger charge is -2.40. The third-order valence-corrected chi connectivity index (χ3v) is 7.21. The number of fused-ring (bicyclic) bond motifs is 1. The summed E-state index contributed by atoms with van der Waals surface area (Å²) in [5, 5.41) is 6.08. The first-order valence-electron chi connectivity index (χ1n) is 12.1. The van der Waals surface area contributed by atoms with Gasteiger partial charge in [-0.3, -0.25) is 9.59 Å². The van der Waals surface area contributed by atoms with Crippen LogP contribution in [0.1, 0.15) is 39.1 Å². The molecule has 0 aromatic heterocycles. The number of carbonyl (C=O) groups is 2. The van der Waals surface area contributed by atoms with E-state index in [1.165, 1.54) is 0 Å². The van der Waals surface area contributed by atoms with E-state index in [1.54, 1.807) is 18.2 Å². The van der Waals surface area contributed by atoms with Gasteiger partial charge in [0, 0.05) is 39.8 Å². The molecule has 2 unspecified atom stereocenters. The average molecular weight is 517 g/mol. The Bertz CT molecular complexity index is 1380. The van der Waals surface area contributed by atoms with E-state index < -0.39 is 0 Å². The number of carbonyl (C=O) groups excluding carboxylic acids is 2. The number of nitrogens with one attached hydrogen (secondary N) is 1. The molecule has 1 saturated heterocycles. The minimum atomic E-state index is -0.0980. The van der Waals surface area contributed by atoms with Crippen LogP contribution in [0.3, 0.4) is 0 Å². The first kappa shape index (κ1) is 24.4. The van der Waals surface area contributed by atoms with Crippen molar-refractivity contribution in [3.05, 3.63) is 118 Å². The molecule has 182 valence electrons. The summed E-state index contributed by atoms with van der Waals surface area (Å²) in [6.07, 6.45) is 2.02. The van der Waals surface area contributed by atoms with Crippen LogP contribution in [0.15, 0.2) is 91.0 Å². The summed E-state index contributed by atoms with van der Waals surface area (Å²) < 4.78 is 0. The maximum Gasteiger partial charge on any atom is 0.254 e. The third kappa shape index (κ3) is 5.40. The number of piperidine rings is 1. The predicted octanol–water partition coefficient (Wildman–Crippen LogP) is 6.79. The molecule has 0 spiro atoms. The highest BCUT2D eigenvalue weighted by molar-refractivity contribution is 6.35. The van der Waals surface area contributed by atoms with Crippen LogP contribution in [0.25, 0.3) is 10.8 Å². The molecule has 1 heterocycles. The number of amides is 2. The first-order valence-corrected chi connectivity index (χ1v) is 12.8. The maximum absolute atomic E-state index is 13.5. The van der Waals surface area contributed by atoms with Gasteiger partial charge < -0.3 is 10.2 Å². The van der Waals surface area contributed by atoms with Crippen molar-refractivity contribution in [1.29, 1.82) is 0 Å². The van der Waals surface area contributed by atoms with Gasteiger partial charge in [0.15, 0.2) is 0 Å². The average Bonchev–Trinajstić information content (AvgIpc) is 2.88. The molecule has 6 heteroatoms. The number of halogens is 2. The van der Waals surface area contributed by atoms with E-state index in [0.717, 1.165) is 16.3 Å². The van der Waals surface area contributed by atoms with Crippen molar-refractivity contribution in [2.24, 2.45) is 0 Å². The van der Waals surface area contributed by atoms with Crippen molar-refractivity contribution < 1.29 is 9.59 Å². The Morgan fingerprint density at radius 3 is 2.33 bits per heavy atom. The third-order valence-electron chi connectivity index (χ3n) is 6.77. The van der Waals surface area contributed by atoms with Crippen molar-refractivity contribution >= 4 is 45.8 Å². The van der Waals surface area contributed by atoms with E-state index >= 15 is 0 Å². The minimum absolute atomic E-state index is 0.0443. The van der Waals surface area contributed by atoms with Crippen LogP contribution in [-0.4, -0.2) is 35.3 Å². The fourth-order valence-corrected chi connectivity index (χ4v) is 5.58. The number of likely N-dealkylation sites (tertiary alicyclic amines) is 1. The molecule has 2 atom stereocenters. The van der Waals surface area contributed by atoms with Crippen LogP contribution in [0.2, 0.25) is 10.0 Å². The normalized spacial score (nSPS) is 17.7. The Kier molecular flexibility index (Phi) is 7.26. The summed E-state index contributed by atoms with van der Waals surface area (Å²) in [5.41, 5.74) is 2.29. The predicted molar refractivity (Wildman–Crippen MR) is 146 cm³/mol. The zero-order valence-electron chi connectivity index (χ0n) is 19.7. The Morgan fingerprint density at radius 1 is 0.861 bits per heavy atom. The highest BCUT2D eigenvalue weighted by atomic mass is 35.5. The zero-order valence-corrected chi connectivity index (χ0v) is 21.2. The molecule has 4 aromatic carbocycles.